The average molecular weight is 625 g/mol. The zero-order valence-corrected chi connectivity index (χ0v) is 24.6. The fraction of sp³-hybridized carbons (Fsp3) is 0.242. The summed E-state index contributed by atoms with van der Waals surface area (Å²) in [7, 11) is 0. The molecular weight excluding hydrogens is 594 g/mol. The number of aromatic nitrogens is 1. The van der Waals surface area contributed by atoms with Crippen LogP contribution in [0.5, 0.6) is 0 Å². The predicted molar refractivity (Wildman–Crippen MR) is 167 cm³/mol. The lowest BCUT2D eigenvalue weighted by Crippen LogP contribution is -2.46. The molecule has 0 spiro atoms. The zero-order chi connectivity index (χ0) is 29.1. The third kappa shape index (κ3) is 6.10. The summed E-state index contributed by atoms with van der Waals surface area (Å²) in [4.78, 5) is 33.3. The van der Waals surface area contributed by atoms with Gasteiger partial charge in [-0.05, 0) is 98.1 Å². The SMILES string of the molecule is N#Cc1ccc2[nH]cc(CCCCN3CCN(c4ccc5oc(C(=O)NC(=O)c6ccc(Br)cc6)cc5c4)CC3)c2c1. The van der Waals surface area contributed by atoms with Gasteiger partial charge in [-0.25, -0.2) is 0 Å². The molecule has 0 radical (unpaired) electrons. The molecule has 2 amide bonds. The highest BCUT2D eigenvalue weighted by Crippen LogP contribution is 2.27. The molecule has 0 aliphatic carbocycles. The summed E-state index contributed by atoms with van der Waals surface area (Å²) in [6.07, 6.45) is 5.30. The van der Waals surface area contributed by atoms with Crippen molar-refractivity contribution in [3.8, 4) is 6.07 Å². The van der Waals surface area contributed by atoms with E-state index in [-0.39, 0.29) is 5.76 Å². The topological polar surface area (TPSA) is 105 Å². The van der Waals surface area contributed by atoms with E-state index in [0.29, 0.717) is 16.7 Å². The number of hydrogen-bond donors (Lipinski definition) is 2. The molecule has 1 aliphatic heterocycles. The van der Waals surface area contributed by atoms with Crippen LogP contribution < -0.4 is 10.2 Å². The van der Waals surface area contributed by atoms with E-state index < -0.39 is 11.8 Å². The zero-order valence-electron chi connectivity index (χ0n) is 23.0. The molecule has 0 bridgehead atoms. The molecule has 0 unspecified atom stereocenters. The summed E-state index contributed by atoms with van der Waals surface area (Å²) < 4.78 is 6.60. The number of nitrogens with one attached hydrogen (secondary N) is 2. The molecule has 2 aromatic heterocycles. The van der Waals surface area contributed by atoms with Gasteiger partial charge < -0.3 is 14.3 Å². The summed E-state index contributed by atoms with van der Waals surface area (Å²) in [6, 6.07) is 22.5. The van der Waals surface area contributed by atoms with Crippen LogP contribution in [0.4, 0.5) is 5.69 Å². The smallest absolute Gasteiger partial charge is 0.293 e. The highest BCUT2D eigenvalue weighted by atomic mass is 79.9. The number of imide groups is 1. The molecular formula is C33H30BrN5O3. The van der Waals surface area contributed by atoms with E-state index >= 15 is 0 Å². The Hall–Kier alpha value is -4.39. The first-order valence-electron chi connectivity index (χ1n) is 14.1. The number of rotatable bonds is 8. The van der Waals surface area contributed by atoms with Crippen molar-refractivity contribution in [1.29, 1.82) is 5.26 Å². The number of nitriles is 1. The van der Waals surface area contributed by atoms with Crippen molar-refractivity contribution in [2.24, 2.45) is 0 Å². The van der Waals surface area contributed by atoms with Crippen molar-refractivity contribution in [2.45, 2.75) is 19.3 Å². The number of furan rings is 1. The molecule has 6 rings (SSSR count). The lowest BCUT2D eigenvalue weighted by atomic mass is 10.1. The molecule has 1 aliphatic rings. The van der Waals surface area contributed by atoms with Crippen LogP contribution in [0.2, 0.25) is 0 Å². The van der Waals surface area contributed by atoms with Crippen molar-refractivity contribution < 1.29 is 14.0 Å². The van der Waals surface area contributed by atoms with Gasteiger partial charge in [-0.2, -0.15) is 5.26 Å². The van der Waals surface area contributed by atoms with Crippen LogP contribution in [-0.2, 0) is 6.42 Å². The number of aryl methyl sites for hydroxylation is 1. The maximum absolute atomic E-state index is 12.7. The Morgan fingerprint density at radius 1 is 0.952 bits per heavy atom. The maximum Gasteiger partial charge on any atom is 0.293 e. The Bertz CT molecular complexity index is 1790. The second-order valence-corrected chi connectivity index (χ2v) is 11.5. The maximum atomic E-state index is 12.7. The molecule has 1 saturated heterocycles. The highest BCUT2D eigenvalue weighted by Gasteiger charge is 2.20. The Balaban J connectivity index is 0.989. The summed E-state index contributed by atoms with van der Waals surface area (Å²) in [5, 5.41) is 13.6. The number of amides is 2. The third-order valence-corrected chi connectivity index (χ3v) is 8.39. The van der Waals surface area contributed by atoms with Gasteiger partial charge in [-0.3, -0.25) is 19.8 Å². The largest absolute Gasteiger partial charge is 0.451 e. The number of hydrogen-bond acceptors (Lipinski definition) is 6. The van der Waals surface area contributed by atoms with Gasteiger partial charge in [0.25, 0.3) is 11.8 Å². The number of H-pyrrole nitrogens is 1. The van der Waals surface area contributed by atoms with Gasteiger partial charge in [0.2, 0.25) is 0 Å². The molecule has 9 heteroatoms. The molecule has 0 saturated carbocycles. The predicted octanol–water partition coefficient (Wildman–Crippen LogP) is 6.26. The van der Waals surface area contributed by atoms with Crippen LogP contribution in [0.3, 0.4) is 0 Å². The lowest BCUT2D eigenvalue weighted by Gasteiger charge is -2.36. The molecule has 42 heavy (non-hydrogen) atoms. The third-order valence-electron chi connectivity index (χ3n) is 7.86. The Morgan fingerprint density at radius 2 is 1.76 bits per heavy atom. The molecule has 5 aromatic rings. The molecule has 2 N–H and O–H groups in total. The number of anilines is 1. The van der Waals surface area contributed by atoms with E-state index in [0.717, 1.165) is 78.4 Å². The number of benzene rings is 3. The van der Waals surface area contributed by atoms with Crippen LogP contribution in [0.25, 0.3) is 21.9 Å². The van der Waals surface area contributed by atoms with Crippen LogP contribution >= 0.6 is 15.9 Å². The summed E-state index contributed by atoms with van der Waals surface area (Å²) in [6.45, 7) is 4.91. The van der Waals surface area contributed by atoms with E-state index in [2.05, 4.69) is 48.3 Å². The number of fused-ring (bicyclic) bond motifs is 2. The minimum atomic E-state index is -0.564. The van der Waals surface area contributed by atoms with Gasteiger partial charge in [0.15, 0.2) is 5.76 Å². The first-order chi connectivity index (χ1) is 20.5. The molecule has 0 atom stereocenters. The molecule has 212 valence electrons. The standard InChI is InChI=1S/C33H30BrN5O3/c34-26-7-5-23(6-8-26)32(40)37-33(41)31-19-25-18-27(9-11-30(25)42-31)39-15-13-38(14-16-39)12-2-1-3-24-21-36-29-10-4-22(20-35)17-28(24)29/h4-11,17-19,21,36H,1-3,12-16H2,(H,37,40,41). The first-order valence-corrected chi connectivity index (χ1v) is 14.9. The van der Waals surface area contributed by atoms with E-state index in [1.54, 1.807) is 30.3 Å². The van der Waals surface area contributed by atoms with Crippen LogP contribution in [0, 0.1) is 11.3 Å². The van der Waals surface area contributed by atoms with Gasteiger partial charge in [-0.15, -0.1) is 0 Å². The van der Waals surface area contributed by atoms with E-state index in [1.165, 1.54) is 5.56 Å². The van der Waals surface area contributed by atoms with E-state index in [9.17, 15) is 14.9 Å². The van der Waals surface area contributed by atoms with Gasteiger partial charge >= 0.3 is 0 Å². The quantitative estimate of drug-likeness (QED) is 0.156. The Morgan fingerprint density at radius 3 is 2.55 bits per heavy atom. The second kappa shape index (κ2) is 12.2. The second-order valence-electron chi connectivity index (χ2n) is 10.6. The molecule has 8 nitrogen and oxygen atoms in total. The number of aromatic amines is 1. The minimum Gasteiger partial charge on any atom is -0.451 e. The van der Waals surface area contributed by atoms with Crippen molar-refractivity contribution >= 4 is 55.3 Å². The fourth-order valence-corrected chi connectivity index (χ4v) is 5.78. The molecule has 3 aromatic carbocycles. The van der Waals surface area contributed by atoms with Crippen molar-refractivity contribution in [3.63, 3.8) is 0 Å². The highest BCUT2D eigenvalue weighted by molar-refractivity contribution is 9.10. The fourth-order valence-electron chi connectivity index (χ4n) is 5.51. The van der Waals surface area contributed by atoms with E-state index in [1.807, 2.05) is 36.4 Å². The number of carbonyl (C=O) groups is 2. The number of halogens is 1. The van der Waals surface area contributed by atoms with Crippen molar-refractivity contribution in [2.75, 3.05) is 37.6 Å². The number of piperazine rings is 1. The molecule has 3 heterocycles. The number of nitrogens with zero attached hydrogens (tertiary/aromatic N) is 3. The van der Waals surface area contributed by atoms with Crippen molar-refractivity contribution in [1.82, 2.24) is 15.2 Å². The number of carbonyl (C=O) groups excluding carboxylic acids is 2. The van der Waals surface area contributed by atoms with Crippen molar-refractivity contribution in [3.05, 3.63) is 99.9 Å². The Labute approximate surface area is 252 Å². The lowest BCUT2D eigenvalue weighted by molar-refractivity contribution is 0.0833. The van der Waals surface area contributed by atoms with Gasteiger partial charge in [0.1, 0.15) is 5.58 Å². The minimum absolute atomic E-state index is 0.107. The summed E-state index contributed by atoms with van der Waals surface area (Å²) in [5.74, 6) is -0.930. The Kier molecular flexibility index (Phi) is 8.08. The van der Waals surface area contributed by atoms with E-state index in [4.69, 9.17) is 4.42 Å². The summed E-state index contributed by atoms with van der Waals surface area (Å²) in [5.41, 5.74) is 5.16. The number of unbranched alkanes of at least 4 members (excludes halogenated alkanes) is 1. The summed E-state index contributed by atoms with van der Waals surface area (Å²) >= 11 is 3.34. The molecule has 1 fully saturated rings. The van der Waals surface area contributed by atoms with Gasteiger partial charge in [0, 0.05) is 64.4 Å². The monoisotopic (exact) mass is 623 g/mol. The average Bonchev–Trinajstić information content (AvgIpc) is 3.63. The van der Waals surface area contributed by atoms with Crippen LogP contribution in [-0.4, -0.2) is 54.4 Å². The van der Waals surface area contributed by atoms with Crippen LogP contribution in [0.15, 0.2) is 81.8 Å². The first kappa shape index (κ1) is 27.8. The van der Waals surface area contributed by atoms with Crippen LogP contribution in [0.1, 0.15) is 44.9 Å². The van der Waals surface area contributed by atoms with Gasteiger partial charge in [-0.1, -0.05) is 15.9 Å². The van der Waals surface area contributed by atoms with Gasteiger partial charge in [0.05, 0.1) is 11.6 Å². The normalized spacial score (nSPS) is 13.9.